The molecule has 0 aliphatic heterocycles. The van der Waals surface area contributed by atoms with Crippen molar-refractivity contribution in [2.45, 2.75) is 32.9 Å². The molecule has 31 heavy (non-hydrogen) atoms. The van der Waals surface area contributed by atoms with Crippen molar-refractivity contribution in [3.05, 3.63) is 94.3 Å². The monoisotopic (exact) mass is 437 g/mol. The van der Waals surface area contributed by atoms with Crippen molar-refractivity contribution in [1.82, 2.24) is 4.57 Å². The van der Waals surface area contributed by atoms with E-state index in [0.717, 1.165) is 11.1 Å². The Balaban J connectivity index is 1.73. The number of ketones is 1. The SMILES string of the molecule is CC[C@H](Oc1cccc(/C=C/Cn2cc(Cl)cc2C(=O)c2ccc(C)cc2)c1)C(=O)O. The molecule has 0 saturated heterocycles. The molecule has 0 unspecified atom stereocenters. The molecular weight excluding hydrogens is 414 g/mol. The minimum absolute atomic E-state index is 0.0880. The third kappa shape index (κ3) is 5.86. The molecule has 1 heterocycles. The quantitative estimate of drug-likeness (QED) is 0.440. The summed E-state index contributed by atoms with van der Waals surface area (Å²) in [6, 6.07) is 16.3. The van der Waals surface area contributed by atoms with Gasteiger partial charge in [0.15, 0.2) is 6.10 Å². The van der Waals surface area contributed by atoms with Gasteiger partial charge >= 0.3 is 5.97 Å². The number of rotatable bonds is 9. The third-order valence-corrected chi connectivity index (χ3v) is 5.01. The Hall–Kier alpha value is -3.31. The Labute approximate surface area is 186 Å². The fourth-order valence-corrected chi connectivity index (χ4v) is 3.36. The number of allylic oxidation sites excluding steroid dienone is 1. The predicted molar refractivity (Wildman–Crippen MR) is 122 cm³/mol. The van der Waals surface area contributed by atoms with Gasteiger partial charge in [0.05, 0.1) is 10.7 Å². The number of nitrogens with zero attached hydrogens (tertiary/aromatic N) is 1. The topological polar surface area (TPSA) is 68.5 Å². The number of aryl methyl sites for hydroxylation is 1. The van der Waals surface area contributed by atoms with E-state index in [1.807, 2.05) is 55.5 Å². The summed E-state index contributed by atoms with van der Waals surface area (Å²) < 4.78 is 7.35. The summed E-state index contributed by atoms with van der Waals surface area (Å²) in [6.45, 7) is 4.19. The second-order valence-corrected chi connectivity index (χ2v) is 7.66. The molecule has 0 radical (unpaired) electrons. The van der Waals surface area contributed by atoms with Crippen LogP contribution in [0.3, 0.4) is 0 Å². The van der Waals surface area contributed by atoms with Crippen LogP contribution in [0.25, 0.3) is 6.08 Å². The van der Waals surface area contributed by atoms with Crippen LogP contribution in [0.15, 0.2) is 66.9 Å². The fourth-order valence-electron chi connectivity index (χ4n) is 3.14. The first-order chi connectivity index (χ1) is 14.9. The Kier molecular flexibility index (Phi) is 7.32. The molecule has 0 spiro atoms. The maximum atomic E-state index is 12.9. The molecule has 160 valence electrons. The highest BCUT2D eigenvalue weighted by Gasteiger charge is 2.17. The number of carbonyl (C=O) groups is 2. The number of ether oxygens (including phenoxy) is 1. The molecule has 1 aromatic heterocycles. The molecule has 2 aromatic carbocycles. The number of benzene rings is 2. The average molecular weight is 438 g/mol. The Morgan fingerprint density at radius 3 is 2.58 bits per heavy atom. The van der Waals surface area contributed by atoms with Crippen LogP contribution in [-0.4, -0.2) is 27.5 Å². The highest BCUT2D eigenvalue weighted by Crippen LogP contribution is 2.20. The maximum Gasteiger partial charge on any atom is 0.344 e. The summed E-state index contributed by atoms with van der Waals surface area (Å²) in [5.41, 5.74) is 3.08. The van der Waals surface area contributed by atoms with Gasteiger partial charge in [0.2, 0.25) is 5.78 Å². The fraction of sp³-hybridized carbons (Fsp3) is 0.200. The summed E-state index contributed by atoms with van der Waals surface area (Å²) in [7, 11) is 0. The van der Waals surface area contributed by atoms with Crippen molar-refractivity contribution in [3.8, 4) is 5.75 Å². The van der Waals surface area contributed by atoms with Gasteiger partial charge in [-0.15, -0.1) is 0 Å². The first-order valence-corrected chi connectivity index (χ1v) is 10.4. The van der Waals surface area contributed by atoms with E-state index in [0.29, 0.717) is 35.0 Å². The molecule has 3 rings (SSSR count). The van der Waals surface area contributed by atoms with Crippen LogP contribution in [-0.2, 0) is 11.3 Å². The zero-order valence-corrected chi connectivity index (χ0v) is 18.2. The second-order valence-electron chi connectivity index (χ2n) is 7.22. The van der Waals surface area contributed by atoms with E-state index in [9.17, 15) is 9.59 Å². The predicted octanol–water partition coefficient (Wildman–Crippen LogP) is 5.64. The van der Waals surface area contributed by atoms with Crippen molar-refractivity contribution < 1.29 is 19.4 Å². The first kappa shape index (κ1) is 22.4. The van der Waals surface area contributed by atoms with Crippen LogP contribution in [0.2, 0.25) is 5.02 Å². The van der Waals surface area contributed by atoms with E-state index in [2.05, 4.69) is 0 Å². The van der Waals surface area contributed by atoms with Gasteiger partial charge in [-0.3, -0.25) is 4.79 Å². The molecule has 5 nitrogen and oxygen atoms in total. The van der Waals surface area contributed by atoms with Gasteiger partial charge in [-0.25, -0.2) is 4.79 Å². The molecule has 3 aromatic rings. The normalized spacial score (nSPS) is 12.1. The van der Waals surface area contributed by atoms with E-state index in [1.165, 1.54) is 0 Å². The number of carbonyl (C=O) groups excluding carboxylic acids is 1. The lowest BCUT2D eigenvalue weighted by Crippen LogP contribution is -2.25. The maximum absolute atomic E-state index is 12.9. The highest BCUT2D eigenvalue weighted by molar-refractivity contribution is 6.31. The number of carboxylic acid groups (broad SMARTS) is 1. The molecule has 0 aliphatic rings. The zero-order valence-electron chi connectivity index (χ0n) is 17.4. The number of hydrogen-bond acceptors (Lipinski definition) is 3. The molecule has 6 heteroatoms. The molecule has 1 N–H and O–H groups in total. The van der Waals surface area contributed by atoms with E-state index < -0.39 is 12.1 Å². The number of aromatic nitrogens is 1. The van der Waals surface area contributed by atoms with Crippen molar-refractivity contribution in [3.63, 3.8) is 0 Å². The molecular formula is C25H24ClNO4. The minimum Gasteiger partial charge on any atom is -0.479 e. The van der Waals surface area contributed by atoms with Gasteiger partial charge in [0, 0.05) is 18.3 Å². The van der Waals surface area contributed by atoms with Gasteiger partial charge in [-0.2, -0.15) is 0 Å². The summed E-state index contributed by atoms with van der Waals surface area (Å²) in [5.74, 6) is -0.579. The summed E-state index contributed by atoms with van der Waals surface area (Å²) in [6.07, 6.45) is 5.03. The van der Waals surface area contributed by atoms with Gasteiger partial charge in [0.1, 0.15) is 5.75 Å². The van der Waals surface area contributed by atoms with E-state index >= 15 is 0 Å². The van der Waals surface area contributed by atoms with Crippen LogP contribution < -0.4 is 4.74 Å². The molecule has 0 amide bonds. The van der Waals surface area contributed by atoms with Gasteiger partial charge in [-0.1, -0.05) is 72.6 Å². The first-order valence-electron chi connectivity index (χ1n) is 10.0. The summed E-state index contributed by atoms with van der Waals surface area (Å²) >= 11 is 6.17. The number of halogens is 1. The van der Waals surface area contributed by atoms with Crippen molar-refractivity contribution >= 4 is 29.4 Å². The average Bonchev–Trinajstić information content (AvgIpc) is 3.12. The van der Waals surface area contributed by atoms with E-state index in [-0.39, 0.29) is 5.78 Å². The molecule has 0 bridgehead atoms. The lowest BCUT2D eigenvalue weighted by molar-refractivity contribution is -0.145. The van der Waals surface area contributed by atoms with Crippen LogP contribution in [0.4, 0.5) is 0 Å². The largest absolute Gasteiger partial charge is 0.479 e. The lowest BCUT2D eigenvalue weighted by Gasteiger charge is -2.13. The summed E-state index contributed by atoms with van der Waals surface area (Å²) in [4.78, 5) is 24.1. The lowest BCUT2D eigenvalue weighted by atomic mass is 10.1. The number of aliphatic carboxylic acids is 1. The standard InChI is InChI=1S/C25H24ClNO4/c1-3-23(25(29)30)31-21-8-4-6-18(14-21)7-5-13-27-16-20(26)15-22(27)24(28)19-11-9-17(2)10-12-19/h4-12,14-16,23H,3,13H2,1-2H3,(H,29,30)/b7-5+/t23-/m0/s1. The molecule has 0 fully saturated rings. The molecule has 0 saturated carbocycles. The summed E-state index contributed by atoms with van der Waals surface area (Å²) in [5, 5.41) is 9.66. The van der Waals surface area contributed by atoms with Crippen molar-refractivity contribution in [2.24, 2.45) is 0 Å². The van der Waals surface area contributed by atoms with Crippen molar-refractivity contribution in [1.29, 1.82) is 0 Å². The van der Waals surface area contributed by atoms with E-state index in [1.54, 1.807) is 35.9 Å². The zero-order chi connectivity index (χ0) is 22.4. The Morgan fingerprint density at radius 2 is 1.90 bits per heavy atom. The smallest absolute Gasteiger partial charge is 0.344 e. The number of hydrogen-bond donors (Lipinski definition) is 1. The Morgan fingerprint density at radius 1 is 1.16 bits per heavy atom. The van der Waals surface area contributed by atoms with Gasteiger partial charge in [-0.05, 0) is 37.1 Å². The van der Waals surface area contributed by atoms with Crippen LogP contribution in [0.1, 0.15) is 40.5 Å². The van der Waals surface area contributed by atoms with Gasteiger partial charge < -0.3 is 14.4 Å². The van der Waals surface area contributed by atoms with E-state index in [4.69, 9.17) is 21.4 Å². The van der Waals surface area contributed by atoms with Crippen LogP contribution >= 0.6 is 11.6 Å². The molecule has 0 aliphatic carbocycles. The molecule has 1 atom stereocenters. The number of carboxylic acids is 1. The van der Waals surface area contributed by atoms with Crippen LogP contribution in [0.5, 0.6) is 5.75 Å². The van der Waals surface area contributed by atoms with Gasteiger partial charge in [0.25, 0.3) is 0 Å². The second kappa shape index (κ2) is 10.1. The highest BCUT2D eigenvalue weighted by atomic mass is 35.5. The third-order valence-electron chi connectivity index (χ3n) is 4.80. The minimum atomic E-state index is -0.987. The Bertz CT molecular complexity index is 1100. The van der Waals surface area contributed by atoms with Crippen molar-refractivity contribution in [2.75, 3.05) is 0 Å². The van der Waals surface area contributed by atoms with Crippen LogP contribution in [0, 0.1) is 6.92 Å².